The van der Waals surface area contributed by atoms with Crippen LogP contribution in [0.4, 0.5) is 0 Å². The van der Waals surface area contributed by atoms with Gasteiger partial charge in [0.1, 0.15) is 0 Å². The molecule has 4 rings (SSSR count). The maximum Gasteiger partial charge on any atom is 0.309 e. The molecule has 0 saturated heterocycles. The minimum absolute atomic E-state index is 0.0876. The Morgan fingerprint density at radius 1 is 1.05 bits per heavy atom. The predicted molar refractivity (Wildman–Crippen MR) is 78.5 cm³/mol. The number of carbonyl (C=O) groups is 2. The van der Waals surface area contributed by atoms with Crippen LogP contribution in [0.25, 0.3) is 0 Å². The summed E-state index contributed by atoms with van der Waals surface area (Å²) in [6.45, 7) is 1.08. The van der Waals surface area contributed by atoms with Crippen molar-refractivity contribution in [1.82, 2.24) is 10.6 Å². The molecule has 2 N–H and O–H groups in total. The van der Waals surface area contributed by atoms with Gasteiger partial charge in [0.2, 0.25) is 0 Å². The molecule has 4 aliphatic carbocycles. The maximum atomic E-state index is 12.1. The number of ether oxygens (including phenoxy) is 1. The third-order valence-electron chi connectivity index (χ3n) is 5.43. The first-order chi connectivity index (χ1) is 10.1. The van der Waals surface area contributed by atoms with Crippen molar-refractivity contribution in [3.63, 3.8) is 0 Å². The maximum absolute atomic E-state index is 12.1. The highest BCUT2D eigenvalue weighted by molar-refractivity contribution is 6.35. The molecule has 0 spiro atoms. The lowest BCUT2D eigenvalue weighted by molar-refractivity contribution is -0.142. The molecule has 4 bridgehead atoms. The number of rotatable bonds is 5. The van der Waals surface area contributed by atoms with Crippen molar-refractivity contribution in [1.29, 1.82) is 0 Å². The van der Waals surface area contributed by atoms with Crippen molar-refractivity contribution in [2.45, 2.75) is 50.5 Å². The minimum Gasteiger partial charge on any atom is -0.385 e. The quantitative estimate of drug-likeness (QED) is 0.592. The molecule has 5 nitrogen and oxygen atoms in total. The van der Waals surface area contributed by atoms with E-state index < -0.39 is 11.8 Å². The van der Waals surface area contributed by atoms with Gasteiger partial charge in [-0.3, -0.25) is 9.59 Å². The van der Waals surface area contributed by atoms with Crippen molar-refractivity contribution >= 4 is 11.8 Å². The fraction of sp³-hybridized carbons (Fsp3) is 0.875. The van der Waals surface area contributed by atoms with Gasteiger partial charge in [0.15, 0.2) is 0 Å². The van der Waals surface area contributed by atoms with Gasteiger partial charge in [0.05, 0.1) is 0 Å². The molecule has 4 saturated carbocycles. The number of hydrogen-bond acceptors (Lipinski definition) is 3. The van der Waals surface area contributed by atoms with Crippen LogP contribution in [-0.2, 0) is 14.3 Å². The summed E-state index contributed by atoms with van der Waals surface area (Å²) in [7, 11) is 1.63. The number of nitrogens with one attached hydrogen (secondary N) is 2. The highest BCUT2D eigenvalue weighted by atomic mass is 16.5. The van der Waals surface area contributed by atoms with Crippen LogP contribution in [0, 0.1) is 17.8 Å². The van der Waals surface area contributed by atoms with E-state index in [-0.39, 0.29) is 5.54 Å². The van der Waals surface area contributed by atoms with E-state index in [9.17, 15) is 9.59 Å². The van der Waals surface area contributed by atoms with Crippen LogP contribution in [0.5, 0.6) is 0 Å². The topological polar surface area (TPSA) is 67.4 Å². The molecule has 0 aromatic rings. The Morgan fingerprint density at radius 2 is 1.62 bits per heavy atom. The number of hydrogen-bond donors (Lipinski definition) is 2. The molecule has 21 heavy (non-hydrogen) atoms. The molecule has 0 aliphatic heterocycles. The van der Waals surface area contributed by atoms with Gasteiger partial charge in [-0.1, -0.05) is 0 Å². The average Bonchev–Trinajstić information content (AvgIpc) is 2.41. The van der Waals surface area contributed by atoms with Crippen molar-refractivity contribution in [3.8, 4) is 0 Å². The minimum atomic E-state index is -0.498. The zero-order valence-corrected chi connectivity index (χ0v) is 12.8. The summed E-state index contributed by atoms with van der Waals surface area (Å²) in [5, 5.41) is 5.75. The molecular formula is C16H26N2O3. The van der Waals surface area contributed by atoms with E-state index in [1.54, 1.807) is 7.11 Å². The summed E-state index contributed by atoms with van der Waals surface area (Å²) in [4.78, 5) is 24.0. The Bertz CT molecular complexity index is 386. The van der Waals surface area contributed by atoms with Gasteiger partial charge in [0.25, 0.3) is 0 Å². The van der Waals surface area contributed by atoms with Crippen molar-refractivity contribution < 1.29 is 14.3 Å². The highest BCUT2D eigenvalue weighted by Crippen LogP contribution is 2.55. The van der Waals surface area contributed by atoms with Crippen molar-refractivity contribution in [2.24, 2.45) is 17.8 Å². The molecule has 0 radical (unpaired) electrons. The lowest BCUT2D eigenvalue weighted by Gasteiger charge is -2.56. The van der Waals surface area contributed by atoms with Gasteiger partial charge >= 0.3 is 11.8 Å². The van der Waals surface area contributed by atoms with Crippen LogP contribution in [0.3, 0.4) is 0 Å². The molecule has 118 valence electrons. The standard InChI is InChI=1S/C16H26N2O3/c1-21-4-2-3-17-14(19)15(20)18-16-8-11-5-12(9-16)7-13(6-11)10-16/h11-13H,2-10H2,1H3,(H,17,19)(H,18,20). The number of methoxy groups -OCH3 is 1. The van der Waals surface area contributed by atoms with Crippen LogP contribution >= 0.6 is 0 Å². The van der Waals surface area contributed by atoms with Crippen LogP contribution < -0.4 is 10.6 Å². The van der Waals surface area contributed by atoms with Crippen molar-refractivity contribution in [2.75, 3.05) is 20.3 Å². The third kappa shape index (κ3) is 3.23. The fourth-order valence-corrected chi connectivity index (χ4v) is 5.06. The Balaban J connectivity index is 1.51. The summed E-state index contributed by atoms with van der Waals surface area (Å²) >= 11 is 0. The van der Waals surface area contributed by atoms with Gasteiger partial charge in [-0.25, -0.2) is 0 Å². The summed E-state index contributed by atoms with van der Waals surface area (Å²) < 4.78 is 4.92. The van der Waals surface area contributed by atoms with Crippen LogP contribution in [0.1, 0.15) is 44.9 Å². The fourth-order valence-electron chi connectivity index (χ4n) is 5.06. The van der Waals surface area contributed by atoms with Gasteiger partial charge in [-0.05, 0) is 62.7 Å². The predicted octanol–water partition coefficient (Wildman–Crippen LogP) is 1.22. The molecule has 0 heterocycles. The van der Waals surface area contributed by atoms with Gasteiger partial charge in [-0.15, -0.1) is 0 Å². The molecular weight excluding hydrogens is 268 g/mol. The van der Waals surface area contributed by atoms with Crippen LogP contribution in [-0.4, -0.2) is 37.6 Å². The molecule has 2 amide bonds. The van der Waals surface area contributed by atoms with E-state index in [0.717, 1.165) is 43.4 Å². The summed E-state index contributed by atoms with van der Waals surface area (Å²) in [6.07, 6.45) is 7.94. The molecule has 0 unspecified atom stereocenters. The zero-order chi connectivity index (χ0) is 14.9. The molecule has 0 atom stereocenters. The first-order valence-corrected chi connectivity index (χ1v) is 8.19. The van der Waals surface area contributed by atoms with Gasteiger partial charge < -0.3 is 15.4 Å². The Labute approximate surface area is 126 Å². The number of amides is 2. The molecule has 0 aromatic carbocycles. The van der Waals surface area contributed by atoms with Gasteiger partial charge in [-0.2, -0.15) is 0 Å². The van der Waals surface area contributed by atoms with Crippen LogP contribution in [0.2, 0.25) is 0 Å². The summed E-state index contributed by atoms with van der Waals surface area (Å²) in [6, 6.07) is 0. The van der Waals surface area contributed by atoms with E-state index in [2.05, 4.69) is 10.6 Å². The second-order valence-electron chi connectivity index (χ2n) is 7.25. The summed E-state index contributed by atoms with van der Waals surface area (Å²) in [5.74, 6) is 1.35. The second kappa shape index (κ2) is 5.95. The Morgan fingerprint density at radius 3 is 2.14 bits per heavy atom. The molecule has 4 fully saturated rings. The highest BCUT2D eigenvalue weighted by Gasteiger charge is 2.51. The Hall–Kier alpha value is -1.10. The molecule has 0 aromatic heterocycles. The zero-order valence-electron chi connectivity index (χ0n) is 12.8. The number of carbonyl (C=O) groups excluding carboxylic acids is 2. The van der Waals surface area contributed by atoms with E-state index in [4.69, 9.17) is 4.74 Å². The first kappa shape index (κ1) is 14.8. The first-order valence-electron chi connectivity index (χ1n) is 8.19. The van der Waals surface area contributed by atoms with E-state index in [1.807, 2.05) is 0 Å². The van der Waals surface area contributed by atoms with E-state index in [0.29, 0.717) is 13.2 Å². The van der Waals surface area contributed by atoms with E-state index >= 15 is 0 Å². The average molecular weight is 294 g/mol. The smallest absolute Gasteiger partial charge is 0.309 e. The lowest BCUT2D eigenvalue weighted by Crippen LogP contribution is -2.61. The van der Waals surface area contributed by atoms with E-state index in [1.165, 1.54) is 19.3 Å². The largest absolute Gasteiger partial charge is 0.385 e. The van der Waals surface area contributed by atoms with Crippen molar-refractivity contribution in [3.05, 3.63) is 0 Å². The monoisotopic (exact) mass is 294 g/mol. The normalized spacial score (nSPS) is 36.5. The second-order valence-corrected chi connectivity index (χ2v) is 7.25. The van der Waals surface area contributed by atoms with Crippen LogP contribution in [0.15, 0.2) is 0 Å². The summed E-state index contributed by atoms with van der Waals surface area (Å²) in [5.41, 5.74) is -0.0876. The molecule has 4 aliphatic rings. The third-order valence-corrected chi connectivity index (χ3v) is 5.43. The SMILES string of the molecule is COCCCNC(=O)C(=O)NC12CC3CC(CC(C3)C1)C2. The van der Waals surface area contributed by atoms with Gasteiger partial charge in [0, 0.05) is 25.8 Å². The molecule has 5 heteroatoms. The Kier molecular flexibility index (Phi) is 4.20. The lowest BCUT2D eigenvalue weighted by atomic mass is 9.53.